The third kappa shape index (κ3) is 6.76. The van der Waals surface area contributed by atoms with Gasteiger partial charge in [-0.1, -0.05) is 26.5 Å². The maximum atomic E-state index is 13.3. The number of hydrogen-bond donors (Lipinski definition) is 1. The standard InChI is InChI=1S/C25H37N3O4/c1-8-10-20(29)28(12-9-11-25(6,7)24-31-13-14-32-24)22(23(30)27-17(2)3)21-19(5)15-18(4)16-26-21/h10,15-17,22,24H,1,9,11-14H2,2-7H3,(H,27,30). The molecule has 0 aliphatic carbocycles. The van der Waals surface area contributed by atoms with Crippen LogP contribution in [0.15, 0.2) is 30.6 Å². The molecular weight excluding hydrogens is 406 g/mol. The number of aromatic nitrogens is 1. The maximum absolute atomic E-state index is 13.3. The second-order valence-corrected chi connectivity index (χ2v) is 9.33. The monoisotopic (exact) mass is 443 g/mol. The molecule has 0 radical (unpaired) electrons. The lowest BCUT2D eigenvalue weighted by atomic mass is 9.86. The molecule has 1 saturated heterocycles. The Balaban J connectivity index is 2.33. The quantitative estimate of drug-likeness (QED) is 0.441. The summed E-state index contributed by atoms with van der Waals surface area (Å²) in [6.07, 6.45) is 4.16. The highest BCUT2D eigenvalue weighted by Crippen LogP contribution is 2.33. The third-order valence-electron chi connectivity index (χ3n) is 5.49. The van der Waals surface area contributed by atoms with E-state index in [9.17, 15) is 9.59 Å². The van der Waals surface area contributed by atoms with Crippen LogP contribution in [0.1, 0.15) is 63.4 Å². The van der Waals surface area contributed by atoms with Crippen LogP contribution in [0, 0.1) is 19.3 Å². The molecule has 1 unspecified atom stereocenters. The fraction of sp³-hybridized carbons (Fsp3) is 0.600. The van der Waals surface area contributed by atoms with Crippen molar-refractivity contribution >= 4 is 11.8 Å². The van der Waals surface area contributed by atoms with Gasteiger partial charge in [0.1, 0.15) is 0 Å². The van der Waals surface area contributed by atoms with Crippen LogP contribution in [-0.2, 0) is 19.1 Å². The Hall–Kier alpha value is -2.47. The van der Waals surface area contributed by atoms with Crippen LogP contribution < -0.4 is 5.32 Å². The number of carbonyl (C=O) groups is 2. The van der Waals surface area contributed by atoms with Crippen LogP contribution in [0.25, 0.3) is 0 Å². The number of hydrogen-bond acceptors (Lipinski definition) is 5. The first-order valence-corrected chi connectivity index (χ1v) is 11.2. The Labute approximate surface area is 191 Å². The number of nitrogens with one attached hydrogen (secondary N) is 1. The van der Waals surface area contributed by atoms with E-state index >= 15 is 0 Å². The molecule has 2 rings (SSSR count). The molecule has 0 aromatic carbocycles. The third-order valence-corrected chi connectivity index (χ3v) is 5.49. The first-order valence-electron chi connectivity index (χ1n) is 11.2. The van der Waals surface area contributed by atoms with Crippen molar-refractivity contribution in [3.05, 3.63) is 47.5 Å². The van der Waals surface area contributed by atoms with Crippen LogP contribution in [0.3, 0.4) is 0 Å². The number of nitrogens with zero attached hydrogens (tertiary/aromatic N) is 2. The van der Waals surface area contributed by atoms with Gasteiger partial charge in [0.15, 0.2) is 12.3 Å². The molecular formula is C25H37N3O4. The molecule has 1 fully saturated rings. The van der Waals surface area contributed by atoms with Gasteiger partial charge in [-0.2, -0.15) is 0 Å². The zero-order chi connectivity index (χ0) is 23.9. The second kappa shape index (κ2) is 11.4. The number of rotatable bonds is 10. The summed E-state index contributed by atoms with van der Waals surface area (Å²) in [5, 5.41) is 2.95. The van der Waals surface area contributed by atoms with Crippen molar-refractivity contribution in [1.82, 2.24) is 15.2 Å². The van der Waals surface area contributed by atoms with Crippen molar-refractivity contribution in [2.24, 2.45) is 5.41 Å². The molecule has 2 heterocycles. The van der Waals surface area contributed by atoms with Crippen LogP contribution >= 0.6 is 0 Å². The van der Waals surface area contributed by atoms with Gasteiger partial charge in [-0.25, -0.2) is 0 Å². The summed E-state index contributed by atoms with van der Waals surface area (Å²) in [6.45, 7) is 16.9. The van der Waals surface area contributed by atoms with Crippen LogP contribution in [0.4, 0.5) is 0 Å². The predicted molar refractivity (Wildman–Crippen MR) is 124 cm³/mol. The van der Waals surface area contributed by atoms with Gasteiger partial charge in [0.2, 0.25) is 5.91 Å². The van der Waals surface area contributed by atoms with E-state index < -0.39 is 6.04 Å². The minimum absolute atomic E-state index is 0.0711. The zero-order valence-electron chi connectivity index (χ0n) is 20.2. The molecule has 1 atom stereocenters. The molecule has 7 nitrogen and oxygen atoms in total. The minimum atomic E-state index is -0.850. The van der Waals surface area contributed by atoms with E-state index in [4.69, 9.17) is 9.47 Å². The Morgan fingerprint density at radius 1 is 1.34 bits per heavy atom. The van der Waals surface area contributed by atoms with Crippen molar-refractivity contribution in [2.45, 2.75) is 72.8 Å². The Bertz CT molecular complexity index is 853. The van der Waals surface area contributed by atoms with E-state index in [0.29, 0.717) is 31.9 Å². The zero-order valence-corrected chi connectivity index (χ0v) is 20.2. The van der Waals surface area contributed by atoms with Gasteiger partial charge in [0.25, 0.3) is 5.91 Å². The fourth-order valence-electron chi connectivity index (χ4n) is 3.96. The van der Waals surface area contributed by atoms with Gasteiger partial charge in [0.05, 0.1) is 18.9 Å². The predicted octanol–water partition coefficient (Wildman–Crippen LogP) is 3.61. The highest BCUT2D eigenvalue weighted by molar-refractivity contribution is 5.93. The highest BCUT2D eigenvalue weighted by atomic mass is 16.7. The minimum Gasteiger partial charge on any atom is -0.352 e. The van der Waals surface area contributed by atoms with Crippen molar-refractivity contribution in [3.63, 3.8) is 0 Å². The fourth-order valence-corrected chi connectivity index (χ4v) is 3.96. The number of amides is 2. The topological polar surface area (TPSA) is 80.8 Å². The van der Waals surface area contributed by atoms with Gasteiger partial charge >= 0.3 is 0 Å². The first kappa shape index (κ1) is 25.8. The van der Waals surface area contributed by atoms with E-state index in [0.717, 1.165) is 17.5 Å². The Morgan fingerprint density at radius 3 is 2.56 bits per heavy atom. The van der Waals surface area contributed by atoms with E-state index in [-0.39, 0.29) is 29.6 Å². The molecule has 2 amide bonds. The molecule has 1 aromatic rings. The molecule has 1 aliphatic rings. The van der Waals surface area contributed by atoms with Gasteiger partial charge in [-0.05, 0) is 51.7 Å². The van der Waals surface area contributed by atoms with E-state index in [1.54, 1.807) is 11.1 Å². The summed E-state index contributed by atoms with van der Waals surface area (Å²) in [5.41, 5.74) is 4.77. The Morgan fingerprint density at radius 2 is 2.00 bits per heavy atom. The normalized spacial score (nSPS) is 15.3. The number of ether oxygens (including phenoxy) is 2. The van der Waals surface area contributed by atoms with Crippen molar-refractivity contribution in [2.75, 3.05) is 19.8 Å². The molecule has 7 heteroatoms. The summed E-state index contributed by atoms with van der Waals surface area (Å²) in [6, 6.07) is 1.05. The number of aryl methyl sites for hydroxylation is 2. The highest BCUT2D eigenvalue weighted by Gasteiger charge is 2.36. The van der Waals surface area contributed by atoms with Gasteiger partial charge in [-0.3, -0.25) is 14.6 Å². The summed E-state index contributed by atoms with van der Waals surface area (Å²) >= 11 is 0. The van der Waals surface area contributed by atoms with E-state index in [1.165, 1.54) is 6.08 Å². The maximum Gasteiger partial charge on any atom is 0.255 e. The summed E-state index contributed by atoms with van der Waals surface area (Å²) in [4.78, 5) is 32.4. The van der Waals surface area contributed by atoms with Crippen LogP contribution in [0.2, 0.25) is 0 Å². The van der Waals surface area contributed by atoms with Crippen LogP contribution in [-0.4, -0.2) is 53.8 Å². The molecule has 32 heavy (non-hydrogen) atoms. The van der Waals surface area contributed by atoms with Gasteiger partial charge in [-0.15, -0.1) is 5.73 Å². The van der Waals surface area contributed by atoms with Crippen molar-refractivity contribution in [3.8, 4) is 0 Å². The van der Waals surface area contributed by atoms with Crippen molar-refractivity contribution < 1.29 is 19.1 Å². The molecule has 1 aliphatic heterocycles. The number of carbonyl (C=O) groups excluding carboxylic acids is 2. The van der Waals surface area contributed by atoms with E-state index in [1.807, 2.05) is 33.8 Å². The molecule has 0 bridgehead atoms. The number of pyridine rings is 1. The second-order valence-electron chi connectivity index (χ2n) is 9.33. The lowest BCUT2D eigenvalue weighted by Crippen LogP contribution is -2.46. The first-order chi connectivity index (χ1) is 15.1. The lowest BCUT2D eigenvalue weighted by Gasteiger charge is -2.33. The molecule has 176 valence electrons. The Kier molecular flexibility index (Phi) is 9.20. The smallest absolute Gasteiger partial charge is 0.255 e. The average Bonchev–Trinajstić information content (AvgIpc) is 3.24. The van der Waals surface area contributed by atoms with E-state index in [2.05, 4.69) is 36.5 Å². The van der Waals surface area contributed by atoms with Crippen molar-refractivity contribution in [1.29, 1.82) is 0 Å². The molecule has 0 saturated carbocycles. The van der Waals surface area contributed by atoms with Gasteiger partial charge < -0.3 is 19.7 Å². The SMILES string of the molecule is C=C=CC(=O)N(CCCC(C)(C)C1OCCO1)C(C(=O)NC(C)C)c1ncc(C)cc1C. The largest absolute Gasteiger partial charge is 0.352 e. The lowest BCUT2D eigenvalue weighted by molar-refractivity contribution is -0.139. The summed E-state index contributed by atoms with van der Waals surface area (Å²) in [5.74, 6) is -0.580. The summed E-state index contributed by atoms with van der Waals surface area (Å²) in [7, 11) is 0. The summed E-state index contributed by atoms with van der Waals surface area (Å²) < 4.78 is 11.4. The average molecular weight is 444 g/mol. The molecule has 1 aromatic heterocycles. The molecule has 0 spiro atoms. The van der Waals surface area contributed by atoms with Crippen LogP contribution in [0.5, 0.6) is 0 Å². The van der Waals surface area contributed by atoms with Gasteiger partial charge in [0, 0.05) is 30.3 Å². The molecule has 1 N–H and O–H groups in total.